The summed E-state index contributed by atoms with van der Waals surface area (Å²) in [4.78, 5) is 12.9. The Labute approximate surface area is 161 Å². The molecule has 1 saturated carbocycles. The molecule has 1 unspecified atom stereocenters. The molecule has 0 aromatic heterocycles. The van der Waals surface area contributed by atoms with Gasteiger partial charge in [-0.25, -0.2) is 4.72 Å². The van der Waals surface area contributed by atoms with E-state index < -0.39 is 15.6 Å². The van der Waals surface area contributed by atoms with Crippen LogP contribution in [0.25, 0.3) is 0 Å². The molecule has 1 atom stereocenters. The van der Waals surface area contributed by atoms with Gasteiger partial charge in [0.1, 0.15) is 0 Å². The molecule has 0 aromatic carbocycles. The Balaban J connectivity index is 2.84. The third kappa shape index (κ3) is 5.95. The van der Waals surface area contributed by atoms with E-state index in [0.29, 0.717) is 0 Å². The molecule has 0 spiro atoms. The average molecular weight is 389 g/mol. The zero-order chi connectivity index (χ0) is 19.8. The van der Waals surface area contributed by atoms with Crippen molar-refractivity contribution in [2.75, 3.05) is 14.1 Å². The molecule has 1 aliphatic carbocycles. The topological polar surface area (TPSA) is 66.5 Å². The summed E-state index contributed by atoms with van der Waals surface area (Å²) in [7, 11) is -0.829. The van der Waals surface area contributed by atoms with Crippen molar-refractivity contribution in [1.29, 1.82) is 0 Å². The van der Waals surface area contributed by atoms with Gasteiger partial charge in [0.2, 0.25) is 5.91 Å². The average Bonchev–Trinajstić information content (AvgIpc) is 3.37. The number of rotatable bonds is 14. The molecule has 1 N–H and O–H groups in total. The van der Waals surface area contributed by atoms with E-state index in [1.54, 1.807) is 0 Å². The fourth-order valence-corrected chi connectivity index (χ4v) is 4.64. The van der Waals surface area contributed by atoms with Gasteiger partial charge in [-0.3, -0.25) is 4.79 Å². The smallest absolute Gasteiger partial charge is 0.273 e. The molecule has 6 heteroatoms. The summed E-state index contributed by atoms with van der Waals surface area (Å²) in [5, 5.41) is 0. The molecule has 0 bridgehead atoms. The summed E-state index contributed by atoms with van der Waals surface area (Å²) in [6.45, 7) is 6.62. The van der Waals surface area contributed by atoms with Crippen molar-refractivity contribution in [3.8, 4) is 0 Å². The highest BCUT2D eigenvalue weighted by Crippen LogP contribution is 2.63. The molecule has 1 fully saturated rings. The van der Waals surface area contributed by atoms with Gasteiger partial charge in [-0.2, -0.15) is 12.7 Å². The highest BCUT2D eigenvalue weighted by Gasteiger charge is 2.61. The largest absolute Gasteiger partial charge is 0.303 e. The van der Waals surface area contributed by atoms with Crippen LogP contribution in [0, 0.1) is 10.8 Å². The highest BCUT2D eigenvalue weighted by molar-refractivity contribution is 7.87. The van der Waals surface area contributed by atoms with Gasteiger partial charge in [-0.1, -0.05) is 72.1 Å². The van der Waals surface area contributed by atoms with E-state index in [9.17, 15) is 13.2 Å². The normalized spacial score (nSPS) is 18.5. The summed E-state index contributed by atoms with van der Waals surface area (Å²) in [5.41, 5.74) is -0.616. The van der Waals surface area contributed by atoms with E-state index >= 15 is 0 Å². The van der Waals surface area contributed by atoms with Crippen LogP contribution in [0.5, 0.6) is 0 Å². The minimum Gasteiger partial charge on any atom is -0.273 e. The van der Waals surface area contributed by atoms with Crippen molar-refractivity contribution >= 4 is 16.1 Å². The molecule has 26 heavy (non-hydrogen) atoms. The van der Waals surface area contributed by atoms with Crippen LogP contribution >= 0.6 is 0 Å². The second-order valence-corrected chi connectivity index (χ2v) is 10.4. The van der Waals surface area contributed by atoms with E-state index in [0.717, 1.165) is 49.3 Å². The lowest BCUT2D eigenvalue weighted by molar-refractivity contribution is -0.130. The van der Waals surface area contributed by atoms with Crippen LogP contribution in [-0.4, -0.2) is 32.7 Å². The van der Waals surface area contributed by atoms with Crippen LogP contribution in [-0.2, 0) is 15.0 Å². The molecule has 154 valence electrons. The molecule has 0 saturated heterocycles. The minimum atomic E-state index is -3.72. The first kappa shape index (κ1) is 23.4. The van der Waals surface area contributed by atoms with E-state index in [4.69, 9.17) is 0 Å². The number of hydrogen-bond donors (Lipinski definition) is 1. The van der Waals surface area contributed by atoms with Crippen LogP contribution in [0.1, 0.15) is 97.8 Å². The van der Waals surface area contributed by atoms with Crippen LogP contribution in [0.15, 0.2) is 0 Å². The summed E-state index contributed by atoms with van der Waals surface area (Å²) in [6, 6.07) is 0. The Bertz CT molecular complexity index is 541. The number of nitrogens with one attached hydrogen (secondary N) is 1. The number of nitrogens with zero attached hydrogens (tertiary/aromatic N) is 1. The number of hydrogen-bond acceptors (Lipinski definition) is 3. The molecule has 0 heterocycles. The van der Waals surface area contributed by atoms with Gasteiger partial charge >= 0.3 is 10.2 Å². The van der Waals surface area contributed by atoms with E-state index in [1.165, 1.54) is 46.2 Å². The summed E-state index contributed by atoms with van der Waals surface area (Å²) < 4.78 is 27.7. The Morgan fingerprint density at radius 2 is 1.42 bits per heavy atom. The third-order valence-electron chi connectivity index (χ3n) is 6.21. The van der Waals surface area contributed by atoms with Gasteiger partial charge in [0.25, 0.3) is 0 Å². The quantitative estimate of drug-likeness (QED) is 0.441. The Morgan fingerprint density at radius 3 is 1.88 bits per heavy atom. The third-order valence-corrected chi connectivity index (χ3v) is 7.61. The number of unbranched alkanes of at least 4 members (excludes halogenated alkanes) is 6. The Kier molecular flexibility index (Phi) is 9.07. The lowest BCUT2D eigenvalue weighted by Gasteiger charge is -2.38. The van der Waals surface area contributed by atoms with Crippen LogP contribution < -0.4 is 4.72 Å². The lowest BCUT2D eigenvalue weighted by atomic mass is 9.67. The zero-order valence-corrected chi connectivity index (χ0v) is 18.4. The first-order valence-corrected chi connectivity index (χ1v) is 11.8. The molecular weight excluding hydrogens is 348 g/mol. The lowest BCUT2D eigenvalue weighted by Crippen LogP contribution is -2.48. The predicted octanol–water partition coefficient (Wildman–Crippen LogP) is 4.64. The van der Waals surface area contributed by atoms with Crippen molar-refractivity contribution in [2.24, 2.45) is 10.8 Å². The summed E-state index contributed by atoms with van der Waals surface area (Å²) >= 11 is 0. The molecule has 5 nitrogen and oxygen atoms in total. The maximum Gasteiger partial charge on any atom is 0.303 e. The minimum absolute atomic E-state index is 0.111. The SMILES string of the molecule is CCCCCCCC(C)(CCCCC)C1(C(=O)NS(=O)(=O)N(C)C)CC1. The number of carbonyl (C=O) groups excluding carboxylic acids is 1. The van der Waals surface area contributed by atoms with Crippen LogP contribution in [0.4, 0.5) is 0 Å². The highest BCUT2D eigenvalue weighted by atomic mass is 32.2. The first-order chi connectivity index (χ1) is 12.1. The van der Waals surface area contributed by atoms with Gasteiger partial charge < -0.3 is 0 Å². The maximum absolute atomic E-state index is 12.9. The van der Waals surface area contributed by atoms with Crippen molar-refractivity contribution in [2.45, 2.75) is 97.8 Å². The van der Waals surface area contributed by atoms with E-state index in [2.05, 4.69) is 25.5 Å². The molecular formula is C20H40N2O3S. The summed E-state index contributed by atoms with van der Waals surface area (Å²) in [5.74, 6) is -0.293. The molecule has 1 aliphatic rings. The van der Waals surface area contributed by atoms with Gasteiger partial charge in [-0.15, -0.1) is 0 Å². The first-order valence-electron chi connectivity index (χ1n) is 10.4. The molecule has 0 aliphatic heterocycles. The van der Waals surface area contributed by atoms with E-state index in [-0.39, 0.29) is 11.3 Å². The second kappa shape index (κ2) is 10.1. The Morgan fingerprint density at radius 1 is 0.962 bits per heavy atom. The molecule has 1 amide bonds. The summed E-state index contributed by atoms with van der Waals surface area (Å²) in [6.07, 6.45) is 13.1. The van der Waals surface area contributed by atoms with Crippen molar-refractivity contribution in [3.05, 3.63) is 0 Å². The van der Waals surface area contributed by atoms with Crippen molar-refractivity contribution < 1.29 is 13.2 Å². The molecule has 0 radical (unpaired) electrons. The van der Waals surface area contributed by atoms with Gasteiger partial charge in [0, 0.05) is 14.1 Å². The Hall–Kier alpha value is -0.620. The van der Waals surface area contributed by atoms with Gasteiger partial charge in [0.05, 0.1) is 5.41 Å². The fourth-order valence-electron chi connectivity index (χ4n) is 4.02. The van der Waals surface area contributed by atoms with Crippen molar-refractivity contribution in [1.82, 2.24) is 9.03 Å². The number of amides is 1. The van der Waals surface area contributed by atoms with Crippen molar-refractivity contribution in [3.63, 3.8) is 0 Å². The second-order valence-electron chi connectivity index (χ2n) is 8.48. The van der Waals surface area contributed by atoms with Gasteiger partial charge in [-0.05, 0) is 31.1 Å². The zero-order valence-electron chi connectivity index (χ0n) is 17.6. The predicted molar refractivity (Wildman–Crippen MR) is 108 cm³/mol. The number of carbonyl (C=O) groups is 1. The maximum atomic E-state index is 12.9. The molecule has 0 aromatic rings. The van der Waals surface area contributed by atoms with E-state index in [1.807, 2.05) is 0 Å². The standard InChI is InChI=1S/C20H40N2O3S/c1-6-8-10-11-13-15-19(3,14-12-9-7-2)20(16-17-20)18(23)21-26(24,25)22(4)5/h6-17H2,1-5H3,(H,21,23). The monoisotopic (exact) mass is 388 g/mol. The van der Waals surface area contributed by atoms with Crippen LogP contribution in [0.3, 0.4) is 0 Å². The van der Waals surface area contributed by atoms with Crippen LogP contribution in [0.2, 0.25) is 0 Å². The fraction of sp³-hybridized carbons (Fsp3) is 0.950. The molecule has 1 rings (SSSR count). The van der Waals surface area contributed by atoms with Gasteiger partial charge in [0.15, 0.2) is 0 Å².